The molecule has 86 valence electrons. The van der Waals surface area contributed by atoms with Crippen LogP contribution in [0.5, 0.6) is 0 Å². The second kappa shape index (κ2) is 4.94. The highest BCUT2D eigenvalue weighted by Gasteiger charge is 2.14. The zero-order chi connectivity index (χ0) is 12.4. The van der Waals surface area contributed by atoms with E-state index in [9.17, 15) is 0 Å². The molecule has 5 heteroatoms. The molecule has 0 N–H and O–H groups in total. The first-order chi connectivity index (χ1) is 8.13. The second-order valence-electron chi connectivity index (χ2n) is 3.53. The largest absolute Gasteiger partial charge is 0.260 e. The van der Waals surface area contributed by atoms with Crippen molar-refractivity contribution >= 4 is 27.7 Å². The molecule has 0 spiro atoms. The number of aryl methyl sites for hydroxylation is 2. The van der Waals surface area contributed by atoms with Gasteiger partial charge in [0.1, 0.15) is 16.7 Å². The van der Waals surface area contributed by atoms with Crippen molar-refractivity contribution in [3.63, 3.8) is 0 Å². The Morgan fingerprint density at radius 2 is 2.12 bits per heavy atom. The standard InChI is InChI=1S/C12H10BrN3S/c1-8-9(7-14)12(16(2)15-8)17-11-6-4-3-5-10(11)13/h3-6H,1-2H3. The third-order valence-electron chi connectivity index (χ3n) is 2.32. The van der Waals surface area contributed by atoms with Gasteiger partial charge in [-0.3, -0.25) is 4.68 Å². The van der Waals surface area contributed by atoms with Gasteiger partial charge in [0.05, 0.1) is 5.69 Å². The van der Waals surface area contributed by atoms with Gasteiger partial charge in [0, 0.05) is 16.4 Å². The number of hydrogen-bond donors (Lipinski definition) is 0. The molecular formula is C12H10BrN3S. The summed E-state index contributed by atoms with van der Waals surface area (Å²) in [6, 6.07) is 10.1. The van der Waals surface area contributed by atoms with Crippen molar-refractivity contribution in [3.05, 3.63) is 40.0 Å². The number of nitriles is 1. The average Bonchev–Trinajstić information content (AvgIpc) is 2.56. The maximum atomic E-state index is 9.13. The van der Waals surface area contributed by atoms with Crippen molar-refractivity contribution in [2.75, 3.05) is 0 Å². The summed E-state index contributed by atoms with van der Waals surface area (Å²) in [6.07, 6.45) is 0. The first-order valence-electron chi connectivity index (χ1n) is 4.99. The Bertz CT molecular complexity index is 598. The number of hydrogen-bond acceptors (Lipinski definition) is 3. The minimum atomic E-state index is 0.647. The Hall–Kier alpha value is -1.25. The maximum absolute atomic E-state index is 9.13. The zero-order valence-electron chi connectivity index (χ0n) is 9.44. The van der Waals surface area contributed by atoms with Crippen LogP contribution in [0.15, 0.2) is 38.7 Å². The van der Waals surface area contributed by atoms with Crippen LogP contribution in [-0.4, -0.2) is 9.78 Å². The fraction of sp³-hybridized carbons (Fsp3) is 0.167. The number of halogens is 1. The number of aromatic nitrogens is 2. The predicted octanol–water partition coefficient (Wildman–Crippen LogP) is 3.51. The molecule has 3 nitrogen and oxygen atoms in total. The highest BCUT2D eigenvalue weighted by Crippen LogP contribution is 2.35. The molecule has 2 rings (SSSR count). The molecule has 0 aliphatic heterocycles. The Morgan fingerprint density at radius 1 is 1.41 bits per heavy atom. The lowest BCUT2D eigenvalue weighted by Crippen LogP contribution is -1.92. The molecule has 0 fully saturated rings. The number of benzene rings is 1. The van der Waals surface area contributed by atoms with E-state index in [4.69, 9.17) is 5.26 Å². The summed E-state index contributed by atoms with van der Waals surface area (Å²) in [7, 11) is 1.85. The monoisotopic (exact) mass is 307 g/mol. The van der Waals surface area contributed by atoms with E-state index < -0.39 is 0 Å². The summed E-state index contributed by atoms with van der Waals surface area (Å²) in [6.45, 7) is 1.85. The van der Waals surface area contributed by atoms with Gasteiger partial charge in [-0.15, -0.1) is 0 Å². The summed E-state index contributed by atoms with van der Waals surface area (Å²) in [4.78, 5) is 1.08. The third-order valence-corrected chi connectivity index (χ3v) is 4.52. The Labute approximate surface area is 113 Å². The molecule has 0 saturated carbocycles. The number of rotatable bonds is 2. The molecule has 0 bridgehead atoms. The van der Waals surface area contributed by atoms with E-state index in [1.165, 1.54) is 0 Å². The van der Waals surface area contributed by atoms with E-state index in [1.807, 2.05) is 38.2 Å². The molecule has 0 amide bonds. The summed E-state index contributed by atoms with van der Waals surface area (Å²) in [5.41, 5.74) is 1.41. The van der Waals surface area contributed by atoms with Gasteiger partial charge in [0.15, 0.2) is 0 Å². The van der Waals surface area contributed by atoms with Crippen molar-refractivity contribution < 1.29 is 0 Å². The van der Waals surface area contributed by atoms with E-state index in [-0.39, 0.29) is 0 Å². The molecule has 0 radical (unpaired) electrons. The second-order valence-corrected chi connectivity index (χ2v) is 5.42. The zero-order valence-corrected chi connectivity index (χ0v) is 11.8. The maximum Gasteiger partial charge on any atom is 0.117 e. The molecule has 1 aromatic carbocycles. The van der Waals surface area contributed by atoms with Gasteiger partial charge in [-0.2, -0.15) is 10.4 Å². The first kappa shape index (κ1) is 12.2. The van der Waals surface area contributed by atoms with Crippen LogP contribution >= 0.6 is 27.7 Å². The highest BCUT2D eigenvalue weighted by atomic mass is 79.9. The molecule has 0 atom stereocenters. The molecule has 0 unspecified atom stereocenters. The minimum Gasteiger partial charge on any atom is -0.260 e. The molecule has 17 heavy (non-hydrogen) atoms. The molecule has 1 heterocycles. The summed E-state index contributed by atoms with van der Waals surface area (Å²) in [5, 5.41) is 14.3. The summed E-state index contributed by atoms with van der Waals surface area (Å²) >= 11 is 5.04. The van der Waals surface area contributed by atoms with Crippen LogP contribution in [0.2, 0.25) is 0 Å². The Kier molecular flexibility index (Phi) is 3.55. The van der Waals surface area contributed by atoms with Crippen molar-refractivity contribution in [3.8, 4) is 6.07 Å². The third kappa shape index (κ3) is 2.38. The summed E-state index contributed by atoms with van der Waals surface area (Å²) < 4.78 is 2.77. The van der Waals surface area contributed by atoms with E-state index in [1.54, 1.807) is 16.4 Å². The van der Waals surface area contributed by atoms with Crippen LogP contribution < -0.4 is 0 Å². The fourth-order valence-corrected chi connectivity index (χ4v) is 3.03. The average molecular weight is 308 g/mol. The van der Waals surface area contributed by atoms with Gasteiger partial charge >= 0.3 is 0 Å². The molecule has 0 saturated heterocycles. The van der Waals surface area contributed by atoms with Crippen LogP contribution in [0.3, 0.4) is 0 Å². The van der Waals surface area contributed by atoms with E-state index in [0.29, 0.717) is 5.56 Å². The van der Waals surface area contributed by atoms with Crippen LogP contribution in [0, 0.1) is 18.3 Å². The molecule has 2 aromatic rings. The molecule has 0 aliphatic carbocycles. The minimum absolute atomic E-state index is 0.647. The van der Waals surface area contributed by atoms with Crippen LogP contribution in [0.25, 0.3) is 0 Å². The number of nitrogens with zero attached hydrogens (tertiary/aromatic N) is 3. The topological polar surface area (TPSA) is 41.6 Å². The fourth-order valence-electron chi connectivity index (χ4n) is 1.51. The van der Waals surface area contributed by atoms with Gasteiger partial charge in [0.2, 0.25) is 0 Å². The highest BCUT2D eigenvalue weighted by molar-refractivity contribution is 9.10. The van der Waals surface area contributed by atoms with Gasteiger partial charge in [-0.1, -0.05) is 23.9 Å². The lowest BCUT2D eigenvalue weighted by Gasteiger charge is -2.04. The Morgan fingerprint density at radius 3 is 2.76 bits per heavy atom. The van der Waals surface area contributed by atoms with Gasteiger partial charge in [-0.25, -0.2) is 0 Å². The van der Waals surface area contributed by atoms with Crippen molar-refractivity contribution in [1.82, 2.24) is 9.78 Å². The lowest BCUT2D eigenvalue weighted by molar-refractivity contribution is 0.691. The van der Waals surface area contributed by atoms with Crippen LogP contribution in [-0.2, 0) is 7.05 Å². The van der Waals surface area contributed by atoms with Crippen molar-refractivity contribution in [2.24, 2.45) is 7.05 Å². The quantitative estimate of drug-likeness (QED) is 0.852. The SMILES string of the molecule is Cc1nn(C)c(Sc2ccccc2Br)c1C#N. The van der Waals surface area contributed by atoms with E-state index in [2.05, 4.69) is 27.1 Å². The summed E-state index contributed by atoms with van der Waals surface area (Å²) in [5.74, 6) is 0. The van der Waals surface area contributed by atoms with Gasteiger partial charge < -0.3 is 0 Å². The van der Waals surface area contributed by atoms with Crippen LogP contribution in [0.4, 0.5) is 0 Å². The van der Waals surface area contributed by atoms with Gasteiger partial charge in [0.25, 0.3) is 0 Å². The normalized spacial score (nSPS) is 10.2. The van der Waals surface area contributed by atoms with E-state index in [0.717, 1.165) is 20.1 Å². The van der Waals surface area contributed by atoms with Crippen molar-refractivity contribution in [2.45, 2.75) is 16.8 Å². The predicted molar refractivity (Wildman–Crippen MR) is 70.9 cm³/mol. The Balaban J connectivity index is 2.44. The lowest BCUT2D eigenvalue weighted by atomic mass is 10.3. The van der Waals surface area contributed by atoms with Gasteiger partial charge in [-0.05, 0) is 35.0 Å². The van der Waals surface area contributed by atoms with Crippen LogP contribution in [0.1, 0.15) is 11.3 Å². The molecule has 0 aliphatic rings. The molecule has 1 aromatic heterocycles. The van der Waals surface area contributed by atoms with Crippen molar-refractivity contribution in [1.29, 1.82) is 5.26 Å². The smallest absolute Gasteiger partial charge is 0.117 e. The first-order valence-corrected chi connectivity index (χ1v) is 6.60. The molecular weight excluding hydrogens is 298 g/mol. The van der Waals surface area contributed by atoms with E-state index >= 15 is 0 Å².